The quantitative estimate of drug-likeness (QED) is 0.814. The Morgan fingerprint density at radius 3 is 2.48 bits per heavy atom. The summed E-state index contributed by atoms with van der Waals surface area (Å²) in [7, 11) is 0. The van der Waals surface area contributed by atoms with E-state index in [-0.39, 0.29) is 18.4 Å². The van der Waals surface area contributed by atoms with E-state index in [1.165, 1.54) is 0 Å². The van der Waals surface area contributed by atoms with Gasteiger partial charge in [0.15, 0.2) is 6.61 Å². The number of amides is 2. The van der Waals surface area contributed by atoms with Gasteiger partial charge in [-0.05, 0) is 41.7 Å². The average molecular weight is 340 g/mol. The molecule has 2 amide bonds. The van der Waals surface area contributed by atoms with E-state index >= 15 is 0 Å². The number of hydrogen-bond acceptors (Lipinski definition) is 3. The molecule has 1 saturated carbocycles. The molecule has 2 aromatic carbocycles. The second-order valence-corrected chi connectivity index (χ2v) is 6.93. The highest BCUT2D eigenvalue weighted by molar-refractivity contribution is 6.01. The Bertz CT molecular complexity index is 782. The summed E-state index contributed by atoms with van der Waals surface area (Å²) in [4.78, 5) is 24.4. The summed E-state index contributed by atoms with van der Waals surface area (Å²) in [5.41, 5.74) is 0.457. The van der Waals surface area contributed by atoms with E-state index in [9.17, 15) is 9.59 Å². The molecule has 5 nitrogen and oxygen atoms in total. The molecule has 25 heavy (non-hydrogen) atoms. The fraction of sp³-hybridized carbons (Fsp3) is 0.400. The van der Waals surface area contributed by atoms with E-state index in [0.29, 0.717) is 29.8 Å². The van der Waals surface area contributed by atoms with Gasteiger partial charge in [0, 0.05) is 12.6 Å². The minimum atomic E-state index is -0.183. The number of hydrogen-bond donors (Lipinski definition) is 2. The van der Waals surface area contributed by atoms with Crippen LogP contribution in [0.15, 0.2) is 36.4 Å². The summed E-state index contributed by atoms with van der Waals surface area (Å²) in [5, 5.41) is 7.74. The predicted molar refractivity (Wildman–Crippen MR) is 97.8 cm³/mol. The van der Waals surface area contributed by atoms with Gasteiger partial charge < -0.3 is 15.4 Å². The van der Waals surface area contributed by atoms with Crippen LogP contribution >= 0.6 is 0 Å². The molecule has 2 aromatic rings. The Kier molecular flexibility index (Phi) is 5.22. The Hall–Kier alpha value is -2.56. The van der Waals surface area contributed by atoms with Gasteiger partial charge in [-0.2, -0.15) is 0 Å². The number of carbonyl (C=O) groups excluding carboxylic acids is 2. The molecule has 1 aliphatic rings. The molecule has 5 heteroatoms. The Morgan fingerprint density at radius 2 is 1.84 bits per heavy atom. The summed E-state index contributed by atoms with van der Waals surface area (Å²) in [6, 6.07) is 11.7. The Labute approximate surface area is 147 Å². The third-order valence-corrected chi connectivity index (χ3v) is 4.06. The second kappa shape index (κ2) is 7.55. The number of rotatable bonds is 7. The molecule has 3 rings (SSSR count). The van der Waals surface area contributed by atoms with Crippen molar-refractivity contribution in [2.24, 2.45) is 5.92 Å². The van der Waals surface area contributed by atoms with Gasteiger partial charge >= 0.3 is 0 Å². The van der Waals surface area contributed by atoms with Crippen LogP contribution in [0.5, 0.6) is 5.75 Å². The average Bonchev–Trinajstić information content (AvgIpc) is 3.40. The topological polar surface area (TPSA) is 67.4 Å². The fourth-order valence-corrected chi connectivity index (χ4v) is 2.55. The van der Waals surface area contributed by atoms with Gasteiger partial charge in [0.2, 0.25) is 0 Å². The molecule has 0 unspecified atom stereocenters. The van der Waals surface area contributed by atoms with Crippen molar-refractivity contribution < 1.29 is 14.3 Å². The molecule has 0 aliphatic heterocycles. The van der Waals surface area contributed by atoms with Crippen LogP contribution in [-0.2, 0) is 4.79 Å². The zero-order valence-corrected chi connectivity index (χ0v) is 14.7. The van der Waals surface area contributed by atoms with Gasteiger partial charge in [-0.3, -0.25) is 9.59 Å². The van der Waals surface area contributed by atoms with E-state index in [2.05, 4.69) is 10.6 Å². The molecule has 0 radical (unpaired) electrons. The molecule has 1 aliphatic carbocycles. The molecule has 0 bridgehead atoms. The summed E-state index contributed by atoms with van der Waals surface area (Å²) in [6.45, 7) is 4.59. The molecule has 0 atom stereocenters. The van der Waals surface area contributed by atoms with Gasteiger partial charge in [0.25, 0.3) is 11.8 Å². The molecule has 0 spiro atoms. The summed E-state index contributed by atoms with van der Waals surface area (Å²) in [6.07, 6.45) is 2.06. The SMILES string of the molecule is CC(C)CNC(=O)c1cc2ccccc2cc1OCC(=O)NC1CC1. The van der Waals surface area contributed by atoms with Crippen molar-refractivity contribution in [1.82, 2.24) is 10.6 Å². The summed E-state index contributed by atoms with van der Waals surface area (Å²) in [5.74, 6) is 0.463. The van der Waals surface area contributed by atoms with Crippen LogP contribution in [0.2, 0.25) is 0 Å². The molecule has 1 fully saturated rings. The first-order chi connectivity index (χ1) is 12.0. The lowest BCUT2D eigenvalue weighted by molar-refractivity contribution is -0.123. The zero-order chi connectivity index (χ0) is 17.8. The fourth-order valence-electron chi connectivity index (χ4n) is 2.55. The van der Waals surface area contributed by atoms with Gasteiger partial charge in [0.05, 0.1) is 5.56 Å². The van der Waals surface area contributed by atoms with Crippen LogP contribution in [0.1, 0.15) is 37.0 Å². The van der Waals surface area contributed by atoms with E-state index in [4.69, 9.17) is 4.74 Å². The normalized spacial score (nSPS) is 13.7. The van der Waals surface area contributed by atoms with Crippen molar-refractivity contribution in [2.45, 2.75) is 32.7 Å². The highest BCUT2D eigenvalue weighted by Crippen LogP contribution is 2.26. The minimum absolute atomic E-state index is 0.0840. The number of benzene rings is 2. The van der Waals surface area contributed by atoms with Crippen LogP contribution in [0.4, 0.5) is 0 Å². The molecule has 2 N–H and O–H groups in total. The monoisotopic (exact) mass is 340 g/mol. The lowest BCUT2D eigenvalue weighted by atomic mass is 10.0. The molecular formula is C20H24N2O3. The van der Waals surface area contributed by atoms with E-state index in [1.54, 1.807) is 0 Å². The third-order valence-electron chi connectivity index (χ3n) is 4.06. The molecule has 0 saturated heterocycles. The summed E-state index contributed by atoms with van der Waals surface area (Å²) < 4.78 is 5.69. The van der Waals surface area contributed by atoms with Crippen molar-refractivity contribution in [3.8, 4) is 5.75 Å². The van der Waals surface area contributed by atoms with Crippen LogP contribution in [0, 0.1) is 5.92 Å². The number of nitrogens with one attached hydrogen (secondary N) is 2. The highest BCUT2D eigenvalue weighted by atomic mass is 16.5. The van der Waals surface area contributed by atoms with Crippen molar-refractivity contribution in [3.63, 3.8) is 0 Å². The minimum Gasteiger partial charge on any atom is -0.483 e. The Balaban J connectivity index is 1.80. The molecule has 132 valence electrons. The van der Waals surface area contributed by atoms with Gasteiger partial charge in [0.1, 0.15) is 5.75 Å². The van der Waals surface area contributed by atoms with Crippen LogP contribution in [0.3, 0.4) is 0 Å². The van der Waals surface area contributed by atoms with Crippen molar-refractivity contribution in [2.75, 3.05) is 13.2 Å². The molecule has 0 aromatic heterocycles. The maximum atomic E-state index is 12.6. The number of ether oxygens (including phenoxy) is 1. The van der Waals surface area contributed by atoms with Crippen molar-refractivity contribution in [3.05, 3.63) is 42.0 Å². The maximum absolute atomic E-state index is 12.6. The number of carbonyl (C=O) groups is 2. The first-order valence-corrected chi connectivity index (χ1v) is 8.76. The maximum Gasteiger partial charge on any atom is 0.258 e. The van der Waals surface area contributed by atoms with Gasteiger partial charge in [-0.25, -0.2) is 0 Å². The second-order valence-electron chi connectivity index (χ2n) is 6.93. The van der Waals surface area contributed by atoms with Crippen molar-refractivity contribution in [1.29, 1.82) is 0 Å². The van der Waals surface area contributed by atoms with E-state index in [0.717, 1.165) is 23.6 Å². The van der Waals surface area contributed by atoms with Crippen LogP contribution in [-0.4, -0.2) is 31.0 Å². The zero-order valence-electron chi connectivity index (χ0n) is 14.7. The smallest absolute Gasteiger partial charge is 0.258 e. The van der Waals surface area contributed by atoms with Crippen LogP contribution < -0.4 is 15.4 Å². The lowest BCUT2D eigenvalue weighted by Gasteiger charge is -2.14. The van der Waals surface area contributed by atoms with E-state index < -0.39 is 0 Å². The largest absolute Gasteiger partial charge is 0.483 e. The summed E-state index contributed by atoms with van der Waals surface area (Å²) >= 11 is 0. The van der Waals surface area contributed by atoms with Gasteiger partial charge in [-0.15, -0.1) is 0 Å². The number of fused-ring (bicyclic) bond motifs is 1. The molecule has 0 heterocycles. The Morgan fingerprint density at radius 1 is 1.16 bits per heavy atom. The first kappa shape index (κ1) is 17.3. The predicted octanol–water partition coefficient (Wildman–Crippen LogP) is 2.88. The van der Waals surface area contributed by atoms with E-state index in [1.807, 2.05) is 50.2 Å². The van der Waals surface area contributed by atoms with Gasteiger partial charge in [-0.1, -0.05) is 38.1 Å². The lowest BCUT2D eigenvalue weighted by Crippen LogP contribution is -2.31. The third kappa shape index (κ3) is 4.72. The van der Waals surface area contributed by atoms with Crippen LogP contribution in [0.25, 0.3) is 10.8 Å². The van der Waals surface area contributed by atoms with Crippen molar-refractivity contribution >= 4 is 22.6 Å². The highest BCUT2D eigenvalue weighted by Gasteiger charge is 2.23. The standard InChI is InChI=1S/C20H24N2O3/c1-13(2)11-21-20(24)17-9-14-5-3-4-6-15(14)10-18(17)25-12-19(23)22-16-7-8-16/h3-6,9-10,13,16H,7-8,11-12H2,1-2H3,(H,21,24)(H,22,23). The molecular weight excluding hydrogens is 316 g/mol. The first-order valence-electron chi connectivity index (χ1n) is 8.76.